The SMILES string of the molecule is O[C@@H]1CCC=CCN1. The van der Waals surface area contributed by atoms with Gasteiger partial charge in [-0.15, -0.1) is 0 Å². The molecule has 0 spiro atoms. The lowest BCUT2D eigenvalue weighted by molar-refractivity contribution is 0.135. The second-order valence-corrected chi connectivity index (χ2v) is 1.97. The van der Waals surface area contributed by atoms with Gasteiger partial charge < -0.3 is 5.11 Å². The summed E-state index contributed by atoms with van der Waals surface area (Å²) in [5.74, 6) is 0. The van der Waals surface area contributed by atoms with E-state index in [4.69, 9.17) is 5.11 Å². The van der Waals surface area contributed by atoms with E-state index in [9.17, 15) is 0 Å². The zero-order valence-electron chi connectivity index (χ0n) is 4.80. The first-order chi connectivity index (χ1) is 3.89. The van der Waals surface area contributed by atoms with Gasteiger partial charge in [-0.2, -0.15) is 0 Å². The van der Waals surface area contributed by atoms with Crippen LogP contribution in [0.1, 0.15) is 12.8 Å². The predicted octanol–water partition coefficient (Wildman–Crippen LogP) is 0.244. The summed E-state index contributed by atoms with van der Waals surface area (Å²) < 4.78 is 0. The molecule has 46 valence electrons. The highest BCUT2D eigenvalue weighted by Crippen LogP contribution is 1.97. The smallest absolute Gasteiger partial charge is 0.105 e. The summed E-state index contributed by atoms with van der Waals surface area (Å²) in [6.07, 6.45) is 5.68. The molecule has 0 aromatic heterocycles. The lowest BCUT2D eigenvalue weighted by atomic mass is 10.3. The van der Waals surface area contributed by atoms with E-state index in [0.717, 1.165) is 19.4 Å². The third kappa shape index (κ3) is 1.64. The van der Waals surface area contributed by atoms with Crippen molar-refractivity contribution in [2.75, 3.05) is 6.54 Å². The van der Waals surface area contributed by atoms with Crippen molar-refractivity contribution >= 4 is 0 Å². The summed E-state index contributed by atoms with van der Waals surface area (Å²) in [6, 6.07) is 0. The number of nitrogens with one attached hydrogen (secondary N) is 1. The second kappa shape index (κ2) is 2.84. The van der Waals surface area contributed by atoms with E-state index in [-0.39, 0.29) is 6.23 Å². The maximum absolute atomic E-state index is 8.94. The van der Waals surface area contributed by atoms with Crippen LogP contribution in [-0.4, -0.2) is 17.9 Å². The van der Waals surface area contributed by atoms with Crippen molar-refractivity contribution in [2.24, 2.45) is 0 Å². The number of rotatable bonds is 0. The van der Waals surface area contributed by atoms with Gasteiger partial charge in [-0.05, 0) is 12.8 Å². The van der Waals surface area contributed by atoms with Gasteiger partial charge in [0.2, 0.25) is 0 Å². The average molecular weight is 113 g/mol. The summed E-state index contributed by atoms with van der Waals surface area (Å²) in [5.41, 5.74) is 0. The minimum absolute atomic E-state index is 0.287. The van der Waals surface area contributed by atoms with E-state index < -0.39 is 0 Å². The third-order valence-corrected chi connectivity index (χ3v) is 1.24. The Morgan fingerprint density at radius 2 is 2.38 bits per heavy atom. The average Bonchev–Trinajstić information content (AvgIpc) is 1.94. The van der Waals surface area contributed by atoms with Crippen LogP contribution >= 0.6 is 0 Å². The monoisotopic (exact) mass is 113 g/mol. The minimum atomic E-state index is -0.287. The van der Waals surface area contributed by atoms with E-state index in [0.29, 0.717) is 0 Å². The summed E-state index contributed by atoms with van der Waals surface area (Å²) in [6.45, 7) is 0.807. The van der Waals surface area contributed by atoms with Gasteiger partial charge in [-0.1, -0.05) is 12.2 Å². The maximum Gasteiger partial charge on any atom is 0.105 e. The molecule has 2 nitrogen and oxygen atoms in total. The predicted molar refractivity (Wildman–Crippen MR) is 32.4 cm³/mol. The van der Waals surface area contributed by atoms with Crippen molar-refractivity contribution in [3.63, 3.8) is 0 Å². The summed E-state index contributed by atoms with van der Waals surface area (Å²) in [5, 5.41) is 11.9. The molecule has 1 rings (SSSR count). The van der Waals surface area contributed by atoms with Gasteiger partial charge in [-0.25, -0.2) is 0 Å². The molecule has 1 atom stereocenters. The maximum atomic E-state index is 8.94. The van der Waals surface area contributed by atoms with Gasteiger partial charge in [-0.3, -0.25) is 5.32 Å². The lowest BCUT2D eigenvalue weighted by Gasteiger charge is -2.05. The molecule has 0 unspecified atom stereocenters. The number of aliphatic hydroxyl groups is 1. The van der Waals surface area contributed by atoms with E-state index in [1.807, 2.05) is 6.08 Å². The highest BCUT2D eigenvalue weighted by atomic mass is 16.3. The molecular formula is C6H11NO. The first-order valence-corrected chi connectivity index (χ1v) is 2.96. The Morgan fingerprint density at radius 3 is 3.25 bits per heavy atom. The highest BCUT2D eigenvalue weighted by Gasteiger charge is 2.00. The molecule has 0 aliphatic carbocycles. The van der Waals surface area contributed by atoms with Crippen LogP contribution in [0, 0.1) is 0 Å². The Kier molecular flexibility index (Phi) is 2.06. The molecule has 0 saturated heterocycles. The largest absolute Gasteiger partial charge is 0.379 e. The van der Waals surface area contributed by atoms with Crippen LogP contribution in [0.4, 0.5) is 0 Å². The number of hydrogen-bond acceptors (Lipinski definition) is 2. The molecular weight excluding hydrogens is 102 g/mol. The summed E-state index contributed by atoms with van der Waals surface area (Å²) in [7, 11) is 0. The Hall–Kier alpha value is -0.340. The molecule has 1 aliphatic rings. The van der Waals surface area contributed by atoms with Crippen LogP contribution in [0.5, 0.6) is 0 Å². The molecule has 0 saturated carbocycles. The molecule has 0 fully saturated rings. The van der Waals surface area contributed by atoms with E-state index >= 15 is 0 Å². The second-order valence-electron chi connectivity index (χ2n) is 1.97. The molecule has 0 radical (unpaired) electrons. The fourth-order valence-corrected chi connectivity index (χ4v) is 0.761. The van der Waals surface area contributed by atoms with Gasteiger partial charge in [0, 0.05) is 6.54 Å². The van der Waals surface area contributed by atoms with Gasteiger partial charge in [0.05, 0.1) is 0 Å². The van der Waals surface area contributed by atoms with Crippen LogP contribution in [0.25, 0.3) is 0 Å². The molecule has 2 N–H and O–H groups in total. The van der Waals surface area contributed by atoms with Gasteiger partial charge in [0.15, 0.2) is 0 Å². The first kappa shape index (κ1) is 5.79. The van der Waals surface area contributed by atoms with Crippen LogP contribution in [0.2, 0.25) is 0 Å². The van der Waals surface area contributed by atoms with Gasteiger partial charge in [0.25, 0.3) is 0 Å². The summed E-state index contributed by atoms with van der Waals surface area (Å²) >= 11 is 0. The quantitative estimate of drug-likeness (QED) is 0.441. The molecule has 0 aromatic carbocycles. The summed E-state index contributed by atoms with van der Waals surface area (Å²) in [4.78, 5) is 0. The molecule has 8 heavy (non-hydrogen) atoms. The fraction of sp³-hybridized carbons (Fsp3) is 0.667. The lowest BCUT2D eigenvalue weighted by Crippen LogP contribution is -2.26. The Bertz CT molecular complexity index is 80.5. The minimum Gasteiger partial charge on any atom is -0.379 e. The third-order valence-electron chi connectivity index (χ3n) is 1.24. The molecule has 0 amide bonds. The Morgan fingerprint density at radius 1 is 1.50 bits per heavy atom. The van der Waals surface area contributed by atoms with E-state index in [1.54, 1.807) is 0 Å². The van der Waals surface area contributed by atoms with E-state index in [1.165, 1.54) is 0 Å². The fourth-order valence-electron chi connectivity index (χ4n) is 0.761. The van der Waals surface area contributed by atoms with Gasteiger partial charge in [0.1, 0.15) is 6.23 Å². The number of allylic oxidation sites excluding steroid dienone is 1. The van der Waals surface area contributed by atoms with Crippen molar-refractivity contribution in [1.29, 1.82) is 0 Å². The van der Waals surface area contributed by atoms with Crippen LogP contribution in [0.15, 0.2) is 12.2 Å². The molecule has 2 heteroatoms. The standard InChI is InChI=1S/C6H11NO/c8-6-4-2-1-3-5-7-6/h1,3,6-8H,2,4-5H2/t6-/m1/s1. The molecule has 0 bridgehead atoms. The van der Waals surface area contributed by atoms with Gasteiger partial charge >= 0.3 is 0 Å². The molecule has 0 aromatic rings. The van der Waals surface area contributed by atoms with Crippen LogP contribution < -0.4 is 5.32 Å². The first-order valence-electron chi connectivity index (χ1n) is 2.96. The zero-order chi connectivity index (χ0) is 5.82. The Labute approximate surface area is 49.2 Å². The topological polar surface area (TPSA) is 32.3 Å². The molecule has 1 heterocycles. The highest BCUT2D eigenvalue weighted by molar-refractivity contribution is 4.87. The van der Waals surface area contributed by atoms with Crippen molar-refractivity contribution in [2.45, 2.75) is 19.1 Å². The zero-order valence-corrected chi connectivity index (χ0v) is 4.80. The van der Waals surface area contributed by atoms with Crippen LogP contribution in [-0.2, 0) is 0 Å². The van der Waals surface area contributed by atoms with Crippen LogP contribution in [0.3, 0.4) is 0 Å². The van der Waals surface area contributed by atoms with Crippen molar-refractivity contribution in [1.82, 2.24) is 5.32 Å². The van der Waals surface area contributed by atoms with E-state index in [2.05, 4.69) is 11.4 Å². The van der Waals surface area contributed by atoms with Crippen molar-refractivity contribution in [3.8, 4) is 0 Å². The normalized spacial score (nSPS) is 29.9. The number of hydrogen-bond donors (Lipinski definition) is 2. The molecule has 1 aliphatic heterocycles. The van der Waals surface area contributed by atoms with Crippen molar-refractivity contribution < 1.29 is 5.11 Å². The Balaban J connectivity index is 2.28. The number of aliphatic hydroxyl groups excluding tert-OH is 1. The van der Waals surface area contributed by atoms with Crippen molar-refractivity contribution in [3.05, 3.63) is 12.2 Å².